The van der Waals surface area contributed by atoms with Gasteiger partial charge in [-0.05, 0) is 36.1 Å². The highest BCUT2D eigenvalue weighted by molar-refractivity contribution is 5.90. The summed E-state index contributed by atoms with van der Waals surface area (Å²) in [5, 5.41) is 9.68. The molecular formula is C20H20O5. The third-order valence-corrected chi connectivity index (χ3v) is 4.64. The standard InChI is InChI=1S/C20H20O5/c21-18(25-14-15-4-2-1-3-5-15)16-6-8-17(9-7-16)20(19(22)23)10-12-24-13-11-20/h1-9H,10-14H2,(H,22,23). The molecule has 0 radical (unpaired) electrons. The first-order valence-corrected chi connectivity index (χ1v) is 8.24. The van der Waals surface area contributed by atoms with Crippen molar-refractivity contribution in [3.63, 3.8) is 0 Å². The van der Waals surface area contributed by atoms with Crippen LogP contribution < -0.4 is 0 Å². The van der Waals surface area contributed by atoms with Gasteiger partial charge in [-0.2, -0.15) is 0 Å². The summed E-state index contributed by atoms with van der Waals surface area (Å²) in [7, 11) is 0. The molecule has 0 aromatic heterocycles. The molecule has 25 heavy (non-hydrogen) atoms. The second-order valence-electron chi connectivity index (χ2n) is 6.14. The number of aliphatic carboxylic acids is 1. The summed E-state index contributed by atoms with van der Waals surface area (Å²) >= 11 is 0. The molecule has 2 aromatic rings. The molecule has 0 amide bonds. The van der Waals surface area contributed by atoms with Gasteiger partial charge >= 0.3 is 11.9 Å². The summed E-state index contributed by atoms with van der Waals surface area (Å²) in [6, 6.07) is 16.1. The average Bonchev–Trinajstić information content (AvgIpc) is 2.67. The van der Waals surface area contributed by atoms with Gasteiger partial charge in [0.2, 0.25) is 0 Å². The molecule has 0 atom stereocenters. The largest absolute Gasteiger partial charge is 0.481 e. The molecule has 2 aromatic carbocycles. The van der Waals surface area contributed by atoms with Crippen molar-refractivity contribution >= 4 is 11.9 Å². The van der Waals surface area contributed by atoms with E-state index in [9.17, 15) is 14.7 Å². The number of carbonyl (C=O) groups excluding carboxylic acids is 1. The van der Waals surface area contributed by atoms with Crippen LogP contribution in [0.2, 0.25) is 0 Å². The predicted molar refractivity (Wildman–Crippen MR) is 91.4 cm³/mol. The molecule has 1 saturated heterocycles. The lowest BCUT2D eigenvalue weighted by Gasteiger charge is -2.33. The van der Waals surface area contributed by atoms with Gasteiger partial charge in [-0.25, -0.2) is 4.79 Å². The van der Waals surface area contributed by atoms with Crippen LogP contribution in [0, 0.1) is 0 Å². The highest BCUT2D eigenvalue weighted by Crippen LogP contribution is 2.35. The number of esters is 1. The van der Waals surface area contributed by atoms with E-state index in [0.717, 1.165) is 5.56 Å². The molecule has 1 heterocycles. The Morgan fingerprint density at radius 2 is 1.64 bits per heavy atom. The van der Waals surface area contributed by atoms with Crippen molar-refractivity contribution in [3.05, 3.63) is 71.3 Å². The van der Waals surface area contributed by atoms with Crippen LogP contribution >= 0.6 is 0 Å². The number of carbonyl (C=O) groups is 2. The minimum absolute atomic E-state index is 0.206. The number of rotatable bonds is 5. The first kappa shape index (κ1) is 17.2. The molecule has 3 rings (SSSR count). The minimum atomic E-state index is -0.940. The molecule has 1 aliphatic heterocycles. The van der Waals surface area contributed by atoms with Crippen LogP contribution in [0.1, 0.15) is 34.3 Å². The van der Waals surface area contributed by atoms with Crippen LogP contribution in [-0.2, 0) is 26.3 Å². The van der Waals surface area contributed by atoms with Crippen LogP contribution in [-0.4, -0.2) is 30.3 Å². The summed E-state index contributed by atoms with van der Waals surface area (Å²) in [4.78, 5) is 24.0. The van der Waals surface area contributed by atoms with E-state index in [4.69, 9.17) is 9.47 Å². The number of benzene rings is 2. The van der Waals surface area contributed by atoms with Crippen LogP contribution in [0.25, 0.3) is 0 Å². The molecule has 0 aliphatic carbocycles. The van der Waals surface area contributed by atoms with Gasteiger partial charge < -0.3 is 14.6 Å². The van der Waals surface area contributed by atoms with Crippen molar-refractivity contribution in [2.75, 3.05) is 13.2 Å². The lowest BCUT2D eigenvalue weighted by molar-refractivity contribution is -0.147. The smallest absolute Gasteiger partial charge is 0.338 e. The van der Waals surface area contributed by atoms with Crippen molar-refractivity contribution in [3.8, 4) is 0 Å². The van der Waals surface area contributed by atoms with Crippen molar-refractivity contribution in [1.29, 1.82) is 0 Å². The van der Waals surface area contributed by atoms with Crippen molar-refractivity contribution in [1.82, 2.24) is 0 Å². The van der Waals surface area contributed by atoms with Gasteiger partial charge in [-0.1, -0.05) is 42.5 Å². The maximum absolute atomic E-state index is 12.2. The maximum atomic E-state index is 12.2. The Morgan fingerprint density at radius 1 is 1.00 bits per heavy atom. The molecule has 0 saturated carbocycles. The molecule has 1 aliphatic rings. The van der Waals surface area contributed by atoms with E-state index in [1.54, 1.807) is 24.3 Å². The third-order valence-electron chi connectivity index (χ3n) is 4.64. The molecule has 0 unspecified atom stereocenters. The van der Waals surface area contributed by atoms with Crippen molar-refractivity contribution < 1.29 is 24.2 Å². The minimum Gasteiger partial charge on any atom is -0.481 e. The number of hydrogen-bond acceptors (Lipinski definition) is 4. The van der Waals surface area contributed by atoms with Crippen LogP contribution in [0.15, 0.2) is 54.6 Å². The van der Waals surface area contributed by atoms with Gasteiger partial charge in [0.25, 0.3) is 0 Å². The molecule has 5 heteroatoms. The number of hydrogen-bond donors (Lipinski definition) is 1. The average molecular weight is 340 g/mol. The molecule has 0 bridgehead atoms. The number of carboxylic acid groups (broad SMARTS) is 1. The predicted octanol–water partition coefficient (Wildman–Crippen LogP) is 3.18. The van der Waals surface area contributed by atoms with Gasteiger partial charge in [0.15, 0.2) is 0 Å². The van der Waals surface area contributed by atoms with Crippen LogP contribution in [0.4, 0.5) is 0 Å². The van der Waals surface area contributed by atoms with E-state index in [1.807, 2.05) is 30.3 Å². The molecule has 5 nitrogen and oxygen atoms in total. The third kappa shape index (κ3) is 3.72. The van der Waals surface area contributed by atoms with Crippen LogP contribution in [0.3, 0.4) is 0 Å². The summed E-state index contributed by atoms with van der Waals surface area (Å²) in [5.74, 6) is -1.28. The van der Waals surface area contributed by atoms with E-state index in [2.05, 4.69) is 0 Å². The highest BCUT2D eigenvalue weighted by Gasteiger charge is 2.41. The Labute approximate surface area is 146 Å². The highest BCUT2D eigenvalue weighted by atomic mass is 16.5. The van der Waals surface area contributed by atoms with E-state index < -0.39 is 17.4 Å². The summed E-state index contributed by atoms with van der Waals surface area (Å²) in [6.07, 6.45) is 0.861. The quantitative estimate of drug-likeness (QED) is 0.846. The fourth-order valence-electron chi connectivity index (χ4n) is 3.08. The summed E-state index contributed by atoms with van der Waals surface area (Å²) in [5.41, 5.74) is 1.08. The van der Waals surface area contributed by atoms with Crippen LogP contribution in [0.5, 0.6) is 0 Å². The second kappa shape index (κ2) is 7.49. The van der Waals surface area contributed by atoms with Gasteiger partial charge in [0.05, 0.1) is 11.0 Å². The summed E-state index contributed by atoms with van der Waals surface area (Å²) < 4.78 is 10.6. The molecular weight excluding hydrogens is 320 g/mol. The topological polar surface area (TPSA) is 72.8 Å². The first-order chi connectivity index (χ1) is 12.1. The van der Waals surface area contributed by atoms with Gasteiger partial charge in [-0.3, -0.25) is 4.79 Å². The molecule has 1 N–H and O–H groups in total. The van der Waals surface area contributed by atoms with Gasteiger partial charge in [-0.15, -0.1) is 0 Å². The number of ether oxygens (including phenoxy) is 2. The SMILES string of the molecule is O=C(OCc1ccccc1)c1ccc(C2(C(=O)O)CCOCC2)cc1. The van der Waals surface area contributed by atoms with E-state index in [1.165, 1.54) is 0 Å². The van der Waals surface area contributed by atoms with Gasteiger partial charge in [0, 0.05) is 13.2 Å². The van der Waals surface area contributed by atoms with E-state index in [0.29, 0.717) is 37.2 Å². The molecule has 0 spiro atoms. The Balaban J connectivity index is 1.71. The Morgan fingerprint density at radius 3 is 2.24 bits per heavy atom. The fourth-order valence-corrected chi connectivity index (χ4v) is 3.08. The first-order valence-electron chi connectivity index (χ1n) is 8.24. The lowest BCUT2D eigenvalue weighted by Crippen LogP contribution is -2.41. The Hall–Kier alpha value is -2.66. The monoisotopic (exact) mass is 340 g/mol. The Kier molecular flexibility index (Phi) is 5.14. The maximum Gasteiger partial charge on any atom is 0.338 e. The second-order valence-corrected chi connectivity index (χ2v) is 6.14. The fraction of sp³-hybridized carbons (Fsp3) is 0.300. The molecule has 1 fully saturated rings. The van der Waals surface area contributed by atoms with E-state index >= 15 is 0 Å². The zero-order valence-corrected chi connectivity index (χ0v) is 13.8. The van der Waals surface area contributed by atoms with Crippen molar-refractivity contribution in [2.24, 2.45) is 0 Å². The van der Waals surface area contributed by atoms with Crippen molar-refractivity contribution in [2.45, 2.75) is 24.9 Å². The number of carboxylic acids is 1. The molecule has 130 valence electrons. The zero-order chi connectivity index (χ0) is 17.7. The lowest BCUT2D eigenvalue weighted by atomic mass is 9.74. The van der Waals surface area contributed by atoms with E-state index in [-0.39, 0.29) is 6.61 Å². The Bertz CT molecular complexity index is 730. The zero-order valence-electron chi connectivity index (χ0n) is 13.8. The normalized spacial score (nSPS) is 16.2. The summed E-state index contributed by atoms with van der Waals surface area (Å²) in [6.45, 7) is 1.05. The van der Waals surface area contributed by atoms with Gasteiger partial charge in [0.1, 0.15) is 6.61 Å².